The first-order valence-corrected chi connectivity index (χ1v) is 14.0. The van der Waals surface area contributed by atoms with Crippen LogP contribution in [0, 0.1) is 24.8 Å². The molecular weight excluding hydrogens is 460 g/mol. The minimum atomic E-state index is -3.44. The van der Waals surface area contributed by atoms with Gasteiger partial charge in [0.2, 0.25) is 15.7 Å². The normalized spacial score (nSPS) is 11.4. The zero-order valence-corrected chi connectivity index (χ0v) is 21.4. The topological polar surface area (TPSA) is 107 Å². The third-order valence-electron chi connectivity index (χ3n) is 6.19. The number of unbranched alkanes of at least 4 members (excludes halogenated alkanes) is 9. The highest BCUT2D eigenvalue weighted by molar-refractivity contribution is 7.92. The van der Waals surface area contributed by atoms with Crippen molar-refractivity contribution in [2.75, 3.05) is 10.5 Å². The van der Waals surface area contributed by atoms with Gasteiger partial charge in [0.05, 0.1) is 18.4 Å². The summed E-state index contributed by atoms with van der Waals surface area (Å²) >= 11 is 0. The highest BCUT2D eigenvalue weighted by Crippen LogP contribution is 2.31. The lowest BCUT2D eigenvalue weighted by Crippen LogP contribution is -2.16. The first-order valence-electron chi connectivity index (χ1n) is 12.4. The Balaban J connectivity index is 1.55. The molecule has 0 saturated carbocycles. The number of hydrogen-bond donors (Lipinski definition) is 2. The lowest BCUT2D eigenvalue weighted by atomic mass is 10.1. The van der Waals surface area contributed by atoms with Crippen molar-refractivity contribution in [3.63, 3.8) is 0 Å². The van der Waals surface area contributed by atoms with Gasteiger partial charge < -0.3 is 0 Å². The van der Waals surface area contributed by atoms with Crippen LogP contribution in [0.5, 0.6) is 0 Å². The predicted octanol–water partition coefficient (Wildman–Crippen LogP) is 6.72. The number of fused-ring (bicyclic) bond motifs is 1. The molecule has 0 spiro atoms. The van der Waals surface area contributed by atoms with E-state index in [0.717, 1.165) is 12.8 Å². The highest BCUT2D eigenvalue weighted by Gasteiger charge is 2.20. The maximum Gasteiger partial charge on any atom is 0.232 e. The molecule has 8 nitrogen and oxygen atoms in total. The van der Waals surface area contributed by atoms with Gasteiger partial charge in [-0.25, -0.2) is 18.2 Å². The molecule has 1 aromatic carbocycles. The zero-order valence-electron chi connectivity index (χ0n) is 20.6. The largest absolute Gasteiger partial charge is 0.284 e. The van der Waals surface area contributed by atoms with E-state index in [2.05, 4.69) is 32.6 Å². The number of anilines is 1. The molecule has 9 heteroatoms. The van der Waals surface area contributed by atoms with Gasteiger partial charge in [-0.1, -0.05) is 76.8 Å². The van der Waals surface area contributed by atoms with Crippen LogP contribution in [0.4, 0.5) is 11.4 Å². The van der Waals surface area contributed by atoms with Crippen molar-refractivity contribution in [2.24, 2.45) is 0 Å². The minimum Gasteiger partial charge on any atom is -0.284 e. The van der Waals surface area contributed by atoms with Gasteiger partial charge in [-0.15, -0.1) is 0 Å². The van der Waals surface area contributed by atoms with E-state index in [0.29, 0.717) is 34.8 Å². The number of benzene rings is 1. The fourth-order valence-electron chi connectivity index (χ4n) is 4.25. The van der Waals surface area contributed by atoms with Gasteiger partial charge in [-0.2, -0.15) is 5.26 Å². The molecule has 2 aromatic heterocycles. The van der Waals surface area contributed by atoms with Crippen molar-refractivity contribution >= 4 is 27.0 Å². The van der Waals surface area contributed by atoms with E-state index in [1.165, 1.54) is 44.9 Å². The summed E-state index contributed by atoms with van der Waals surface area (Å²) in [6, 6.07) is 9.05. The molecule has 0 aliphatic carbocycles. The third-order valence-corrected chi connectivity index (χ3v) is 7.56. The molecule has 2 heterocycles. The molecule has 0 radical (unpaired) electrons. The van der Waals surface area contributed by atoms with Crippen LogP contribution in [-0.2, 0) is 10.0 Å². The monoisotopic (exact) mass is 494 g/mol. The number of nitriles is 1. The summed E-state index contributed by atoms with van der Waals surface area (Å²) in [4.78, 5) is 7.93. The van der Waals surface area contributed by atoms with Crippen molar-refractivity contribution in [3.05, 3.63) is 46.9 Å². The van der Waals surface area contributed by atoms with Gasteiger partial charge in [-0.3, -0.25) is 14.3 Å². The second-order valence-corrected chi connectivity index (χ2v) is 10.8. The van der Waals surface area contributed by atoms with Crippen molar-refractivity contribution in [2.45, 2.75) is 78.1 Å². The molecule has 0 bridgehead atoms. The predicted molar refractivity (Wildman–Crippen MR) is 140 cm³/mol. The Morgan fingerprint density at radius 1 is 1.11 bits per heavy atom. The molecule has 0 fully saturated rings. The minimum absolute atomic E-state index is 0.0997. The summed E-state index contributed by atoms with van der Waals surface area (Å²) in [6.45, 7) is 11.3. The smallest absolute Gasteiger partial charge is 0.232 e. The molecule has 2 N–H and O–H groups in total. The van der Waals surface area contributed by atoms with Crippen LogP contribution < -0.4 is 4.72 Å². The molecule has 0 aliphatic rings. The van der Waals surface area contributed by atoms with E-state index in [9.17, 15) is 13.7 Å². The number of aromatic amines is 1. The average molecular weight is 495 g/mol. The van der Waals surface area contributed by atoms with E-state index in [4.69, 9.17) is 6.57 Å². The van der Waals surface area contributed by atoms with E-state index >= 15 is 0 Å². The van der Waals surface area contributed by atoms with Crippen LogP contribution >= 0.6 is 0 Å². The lowest BCUT2D eigenvalue weighted by molar-refractivity contribution is 0.558. The molecule has 3 rings (SSSR count). The number of hydrogen-bond acceptors (Lipinski definition) is 4. The molecule has 0 atom stereocenters. The number of rotatable bonds is 14. The fraction of sp³-hybridized carbons (Fsp3) is 0.500. The quantitative estimate of drug-likeness (QED) is 0.191. The summed E-state index contributed by atoms with van der Waals surface area (Å²) in [5, 5.41) is 12.6. The Bertz CT molecular complexity index is 1320. The van der Waals surface area contributed by atoms with Crippen molar-refractivity contribution in [1.29, 1.82) is 5.26 Å². The van der Waals surface area contributed by atoms with E-state index < -0.39 is 10.0 Å². The number of nitrogens with zero attached hydrogens (tertiary/aromatic N) is 4. The molecule has 186 valence electrons. The first kappa shape index (κ1) is 26.3. The molecule has 0 amide bonds. The van der Waals surface area contributed by atoms with E-state index in [-0.39, 0.29) is 17.0 Å². The molecule has 35 heavy (non-hydrogen) atoms. The number of nitrogens with one attached hydrogen (secondary N) is 2. The number of aromatic nitrogens is 3. The van der Waals surface area contributed by atoms with Crippen LogP contribution in [0.25, 0.3) is 21.9 Å². The maximum absolute atomic E-state index is 12.6. The Morgan fingerprint density at radius 3 is 2.40 bits per heavy atom. The molecular formula is C26H34N6O2S. The van der Waals surface area contributed by atoms with Gasteiger partial charge in [0.25, 0.3) is 0 Å². The van der Waals surface area contributed by atoms with Crippen LogP contribution in [0.3, 0.4) is 0 Å². The molecule has 0 unspecified atom stereocenters. The van der Waals surface area contributed by atoms with E-state index in [1.807, 2.05) is 6.07 Å². The van der Waals surface area contributed by atoms with Crippen molar-refractivity contribution < 1.29 is 8.42 Å². The second-order valence-electron chi connectivity index (χ2n) is 8.95. The summed E-state index contributed by atoms with van der Waals surface area (Å²) in [7, 11) is -3.44. The van der Waals surface area contributed by atoms with Gasteiger partial charge in [0.1, 0.15) is 5.56 Å². The van der Waals surface area contributed by atoms with Crippen LogP contribution in [0.1, 0.15) is 82.4 Å². The first-order chi connectivity index (χ1) is 16.9. The number of H-pyrrole nitrogens is 1. The fourth-order valence-corrected chi connectivity index (χ4v) is 5.42. The van der Waals surface area contributed by atoms with Crippen LogP contribution in [0.2, 0.25) is 0 Å². The summed E-state index contributed by atoms with van der Waals surface area (Å²) < 4.78 is 29.4. The molecule has 3 aromatic rings. The van der Waals surface area contributed by atoms with Gasteiger partial charge >= 0.3 is 0 Å². The summed E-state index contributed by atoms with van der Waals surface area (Å²) in [6.07, 6.45) is 11.5. The van der Waals surface area contributed by atoms with Gasteiger partial charge in [0.15, 0.2) is 11.5 Å². The maximum atomic E-state index is 12.6. The molecule has 0 aliphatic heterocycles. The summed E-state index contributed by atoms with van der Waals surface area (Å²) in [5.74, 6) is 0.592. The zero-order chi connectivity index (χ0) is 25.3. The van der Waals surface area contributed by atoms with E-state index in [1.54, 1.807) is 29.6 Å². The number of sulfonamides is 1. The molecule has 0 saturated heterocycles. The lowest BCUT2D eigenvalue weighted by Gasteiger charge is -2.09. The van der Waals surface area contributed by atoms with Crippen molar-refractivity contribution in [1.82, 2.24) is 14.6 Å². The highest BCUT2D eigenvalue weighted by atomic mass is 32.2. The second kappa shape index (κ2) is 12.4. The van der Waals surface area contributed by atoms with Crippen LogP contribution in [0.15, 0.2) is 24.3 Å². The summed E-state index contributed by atoms with van der Waals surface area (Å²) in [5.41, 5.74) is 2.66. The standard InChI is InChI=1S/C26H34N6O2S/c1-4-5-6-7-8-9-10-11-12-13-17-35(33,34)31-22-16-14-15-21(18-22)25-29-26-23(19-27)24(28-3)20(2)32(26)30-25/h14-16,18,31H,4-13,17H2,1-2H3,(H,29,30). The van der Waals surface area contributed by atoms with Crippen molar-refractivity contribution in [3.8, 4) is 17.5 Å². The van der Waals surface area contributed by atoms with Crippen LogP contribution in [-0.4, -0.2) is 28.8 Å². The third kappa shape index (κ3) is 6.86. The SMILES string of the molecule is [C-]#[N+]c1c(C#N)c2nc(-c3cccc(NS(=O)(=O)CCCCCCCCCCCC)c3)[nH]n2c1C. The Kier molecular flexibility index (Phi) is 9.33. The Morgan fingerprint density at radius 2 is 1.77 bits per heavy atom. The number of aryl methyl sites for hydroxylation is 1. The Labute approximate surface area is 208 Å². The van der Waals surface area contributed by atoms with Gasteiger partial charge in [0, 0.05) is 16.9 Å². The Hall–Kier alpha value is -3.30. The average Bonchev–Trinajstić information content (AvgIpc) is 3.38. The van der Waals surface area contributed by atoms with Gasteiger partial charge in [-0.05, 0) is 25.5 Å².